The van der Waals surface area contributed by atoms with Crippen molar-refractivity contribution in [3.05, 3.63) is 30.2 Å². The fourth-order valence-electron chi connectivity index (χ4n) is 3.04. The van der Waals surface area contributed by atoms with Gasteiger partial charge >= 0.3 is 0 Å². The Balaban J connectivity index is 1.90. The van der Waals surface area contributed by atoms with Gasteiger partial charge in [-0.2, -0.15) is 9.61 Å². The van der Waals surface area contributed by atoms with Gasteiger partial charge in [-0.25, -0.2) is 0 Å². The number of rotatable bonds is 9. The quantitative estimate of drug-likeness (QED) is 0.589. The second-order valence-electron chi connectivity index (χ2n) is 7.02. The van der Waals surface area contributed by atoms with Gasteiger partial charge in [-0.1, -0.05) is 40.5 Å². The summed E-state index contributed by atoms with van der Waals surface area (Å²) < 4.78 is 1.81. The zero-order chi connectivity index (χ0) is 19.2. The zero-order valence-electron chi connectivity index (χ0n) is 16.5. The fourth-order valence-corrected chi connectivity index (χ4v) is 3.04. The molecule has 0 aliphatic heterocycles. The maximum atomic E-state index is 4.71. The molecule has 0 aliphatic carbocycles. The molecule has 27 heavy (non-hydrogen) atoms. The molecule has 0 unspecified atom stereocenters. The average molecular weight is 368 g/mol. The molecular weight excluding hydrogens is 340 g/mol. The van der Waals surface area contributed by atoms with Crippen molar-refractivity contribution in [3.63, 3.8) is 0 Å². The van der Waals surface area contributed by atoms with E-state index < -0.39 is 0 Å². The number of anilines is 3. The molecule has 144 valence electrons. The molecule has 2 N–H and O–H groups in total. The van der Waals surface area contributed by atoms with E-state index in [9.17, 15) is 0 Å². The van der Waals surface area contributed by atoms with E-state index in [0.717, 1.165) is 36.2 Å². The third-order valence-corrected chi connectivity index (χ3v) is 4.76. The molecule has 8 heteroatoms. The average Bonchev–Trinajstić information content (AvgIpc) is 3.11. The highest BCUT2D eigenvalue weighted by molar-refractivity contribution is 5.74. The van der Waals surface area contributed by atoms with E-state index in [2.05, 4.69) is 58.7 Å². The Morgan fingerprint density at radius 1 is 1.07 bits per heavy atom. The van der Waals surface area contributed by atoms with E-state index in [1.807, 2.05) is 22.7 Å². The smallest absolute Gasteiger partial charge is 0.201 e. The van der Waals surface area contributed by atoms with E-state index in [0.29, 0.717) is 11.5 Å². The lowest BCUT2D eigenvalue weighted by Crippen LogP contribution is -2.12. The fraction of sp³-hybridized carbons (Fsp3) is 0.526. The lowest BCUT2D eigenvalue weighted by molar-refractivity contribution is 0.468. The van der Waals surface area contributed by atoms with Crippen LogP contribution in [0, 0.1) is 5.92 Å². The Bertz CT molecular complexity index is 855. The topological polar surface area (TPSA) is 92.9 Å². The second-order valence-corrected chi connectivity index (χ2v) is 7.02. The summed E-state index contributed by atoms with van der Waals surface area (Å²) in [7, 11) is 0. The zero-order valence-corrected chi connectivity index (χ0v) is 16.5. The van der Waals surface area contributed by atoms with E-state index in [1.165, 1.54) is 12.8 Å². The van der Waals surface area contributed by atoms with Gasteiger partial charge in [0.15, 0.2) is 11.6 Å². The van der Waals surface area contributed by atoms with Gasteiger partial charge in [-0.15, -0.1) is 20.4 Å². The molecule has 0 radical (unpaired) electrons. The van der Waals surface area contributed by atoms with Crippen LogP contribution in [0.25, 0.3) is 5.65 Å². The molecule has 3 aromatic rings. The predicted molar refractivity (Wildman–Crippen MR) is 107 cm³/mol. The van der Waals surface area contributed by atoms with Gasteiger partial charge in [0.25, 0.3) is 0 Å². The van der Waals surface area contributed by atoms with Crippen molar-refractivity contribution < 1.29 is 0 Å². The van der Waals surface area contributed by atoms with E-state index in [-0.39, 0.29) is 5.92 Å². The van der Waals surface area contributed by atoms with Crippen LogP contribution in [0.4, 0.5) is 17.3 Å². The van der Waals surface area contributed by atoms with Crippen LogP contribution in [0.5, 0.6) is 0 Å². The lowest BCUT2D eigenvalue weighted by Gasteiger charge is -2.14. The Hall–Kier alpha value is -2.77. The van der Waals surface area contributed by atoms with Crippen molar-refractivity contribution in [2.75, 3.05) is 17.2 Å². The maximum Gasteiger partial charge on any atom is 0.201 e. The summed E-state index contributed by atoms with van der Waals surface area (Å²) in [4.78, 5) is 0. The Morgan fingerprint density at radius 2 is 1.89 bits per heavy atom. The monoisotopic (exact) mass is 368 g/mol. The van der Waals surface area contributed by atoms with Gasteiger partial charge < -0.3 is 10.6 Å². The molecular formula is C19H28N8. The van der Waals surface area contributed by atoms with Gasteiger partial charge in [-0.3, -0.25) is 0 Å². The molecule has 0 saturated heterocycles. The predicted octanol–water partition coefficient (Wildman–Crippen LogP) is 4.02. The van der Waals surface area contributed by atoms with E-state index in [1.54, 1.807) is 6.20 Å². The minimum Gasteiger partial charge on any atom is -0.369 e. The number of hydrogen-bond acceptors (Lipinski definition) is 7. The third kappa shape index (κ3) is 4.50. The number of fused-ring (bicyclic) bond motifs is 1. The number of nitrogens with zero attached hydrogens (tertiary/aromatic N) is 6. The van der Waals surface area contributed by atoms with Crippen molar-refractivity contribution >= 4 is 23.0 Å². The van der Waals surface area contributed by atoms with Gasteiger partial charge in [0, 0.05) is 24.7 Å². The minimum atomic E-state index is 0.219. The van der Waals surface area contributed by atoms with E-state index in [4.69, 9.17) is 5.10 Å². The summed E-state index contributed by atoms with van der Waals surface area (Å²) >= 11 is 0. The molecule has 0 bridgehead atoms. The van der Waals surface area contributed by atoms with Crippen molar-refractivity contribution in [2.45, 2.75) is 52.9 Å². The maximum absolute atomic E-state index is 4.71. The van der Waals surface area contributed by atoms with Gasteiger partial charge in [0.1, 0.15) is 5.82 Å². The molecule has 0 fully saturated rings. The molecule has 0 amide bonds. The van der Waals surface area contributed by atoms with Gasteiger partial charge in [0.05, 0.1) is 5.69 Å². The van der Waals surface area contributed by atoms with Gasteiger partial charge in [0.2, 0.25) is 5.65 Å². The highest BCUT2D eigenvalue weighted by Crippen LogP contribution is 2.24. The van der Waals surface area contributed by atoms with Crippen LogP contribution in [-0.4, -0.2) is 36.6 Å². The van der Waals surface area contributed by atoms with Crippen LogP contribution in [-0.2, 0) is 0 Å². The van der Waals surface area contributed by atoms with Crippen LogP contribution in [0.2, 0.25) is 0 Å². The SMILES string of the molecule is CCC(CC)CCNc1cc(Nc2cccnn2)c2nnc(C(C)C)n2n1. The Morgan fingerprint density at radius 3 is 2.56 bits per heavy atom. The summed E-state index contributed by atoms with van der Waals surface area (Å²) in [5.74, 6) is 3.23. The summed E-state index contributed by atoms with van der Waals surface area (Å²) in [6.45, 7) is 9.54. The van der Waals surface area contributed by atoms with Gasteiger partial charge in [-0.05, 0) is 24.5 Å². The Labute approximate surface area is 159 Å². The summed E-state index contributed by atoms with van der Waals surface area (Å²) in [5, 5.41) is 28.1. The highest BCUT2D eigenvalue weighted by Gasteiger charge is 2.16. The largest absolute Gasteiger partial charge is 0.369 e. The van der Waals surface area contributed by atoms with Crippen LogP contribution in [0.1, 0.15) is 58.7 Å². The standard InChI is InChI=1S/C19H28N8/c1-5-14(6-2)9-11-20-17-12-15(22-16-8-7-10-21-23-16)19-25-24-18(13(3)4)27(19)26-17/h7-8,10,12-14H,5-6,9,11H2,1-4H3,(H,20,26)(H,22,23). The first-order valence-corrected chi connectivity index (χ1v) is 9.67. The first-order chi connectivity index (χ1) is 13.1. The minimum absolute atomic E-state index is 0.219. The molecule has 8 nitrogen and oxygen atoms in total. The molecule has 0 atom stereocenters. The van der Waals surface area contributed by atoms with Crippen LogP contribution >= 0.6 is 0 Å². The van der Waals surface area contributed by atoms with Crippen LogP contribution in [0.15, 0.2) is 24.4 Å². The Kier molecular flexibility index (Phi) is 6.16. The van der Waals surface area contributed by atoms with Crippen molar-refractivity contribution in [2.24, 2.45) is 5.92 Å². The summed E-state index contributed by atoms with van der Waals surface area (Å²) in [5.41, 5.74) is 1.48. The highest BCUT2D eigenvalue weighted by atomic mass is 15.4. The normalized spacial score (nSPS) is 11.5. The van der Waals surface area contributed by atoms with Crippen molar-refractivity contribution in [1.82, 2.24) is 30.0 Å². The van der Waals surface area contributed by atoms with E-state index >= 15 is 0 Å². The number of nitrogens with one attached hydrogen (secondary N) is 2. The molecule has 0 spiro atoms. The molecule has 0 saturated carbocycles. The van der Waals surface area contributed by atoms with Crippen molar-refractivity contribution in [1.29, 1.82) is 0 Å². The number of aromatic nitrogens is 6. The van der Waals surface area contributed by atoms with Crippen LogP contribution < -0.4 is 10.6 Å². The first kappa shape index (κ1) is 19.0. The molecule has 3 heterocycles. The summed E-state index contributed by atoms with van der Waals surface area (Å²) in [6.07, 6.45) is 5.17. The first-order valence-electron chi connectivity index (χ1n) is 9.67. The van der Waals surface area contributed by atoms with Crippen LogP contribution in [0.3, 0.4) is 0 Å². The molecule has 0 aliphatic rings. The molecule has 0 aromatic carbocycles. The molecule has 3 aromatic heterocycles. The third-order valence-electron chi connectivity index (χ3n) is 4.76. The summed E-state index contributed by atoms with van der Waals surface area (Å²) in [6, 6.07) is 5.66. The lowest BCUT2D eigenvalue weighted by atomic mass is 10.00. The second kappa shape index (κ2) is 8.75. The van der Waals surface area contributed by atoms with Crippen molar-refractivity contribution in [3.8, 4) is 0 Å². The molecule has 3 rings (SSSR count). The number of hydrogen-bond donors (Lipinski definition) is 2.